The highest BCUT2D eigenvalue weighted by Gasteiger charge is 2.30. The predicted octanol–water partition coefficient (Wildman–Crippen LogP) is 4.30. The molecule has 8 nitrogen and oxygen atoms in total. The van der Waals surface area contributed by atoms with Gasteiger partial charge in [-0.2, -0.15) is 4.31 Å². The fourth-order valence-electron chi connectivity index (χ4n) is 3.64. The lowest BCUT2D eigenvalue weighted by Gasteiger charge is -2.34. The largest absolute Gasteiger partial charge is 0.444 e. The SMILES string of the molecule is CC(C)c1ccc(S(=O)(=O)N2CCN(C(=O)c3cccc(NC(=O)OC(C)(C)C)c3)CC2)cc1. The van der Waals surface area contributed by atoms with Gasteiger partial charge < -0.3 is 9.64 Å². The molecule has 0 aromatic heterocycles. The van der Waals surface area contributed by atoms with Crippen molar-refractivity contribution in [2.45, 2.75) is 51.0 Å². The zero-order valence-electron chi connectivity index (χ0n) is 20.4. The smallest absolute Gasteiger partial charge is 0.412 e. The van der Waals surface area contributed by atoms with Gasteiger partial charge in [0.2, 0.25) is 10.0 Å². The first-order chi connectivity index (χ1) is 15.9. The van der Waals surface area contributed by atoms with E-state index >= 15 is 0 Å². The number of hydrogen-bond donors (Lipinski definition) is 1. The molecule has 0 atom stereocenters. The van der Waals surface area contributed by atoms with Crippen molar-refractivity contribution in [3.63, 3.8) is 0 Å². The van der Waals surface area contributed by atoms with Gasteiger partial charge in [0.15, 0.2) is 0 Å². The molecule has 2 aromatic carbocycles. The Morgan fingerprint density at radius 3 is 2.15 bits per heavy atom. The molecule has 3 rings (SSSR count). The number of carbonyl (C=O) groups is 2. The summed E-state index contributed by atoms with van der Waals surface area (Å²) in [6.45, 7) is 10.4. The van der Waals surface area contributed by atoms with Crippen LogP contribution in [0.1, 0.15) is 56.5 Å². The summed E-state index contributed by atoms with van der Waals surface area (Å²) in [4.78, 5) is 26.9. The molecular weight excluding hydrogens is 454 g/mol. The van der Waals surface area contributed by atoms with E-state index in [1.165, 1.54) is 4.31 Å². The van der Waals surface area contributed by atoms with E-state index in [0.29, 0.717) is 17.2 Å². The molecule has 0 spiro atoms. The number of amides is 2. The van der Waals surface area contributed by atoms with E-state index in [1.807, 2.05) is 12.1 Å². The topological polar surface area (TPSA) is 96.0 Å². The van der Waals surface area contributed by atoms with Gasteiger partial charge in [-0.05, 0) is 62.6 Å². The van der Waals surface area contributed by atoms with Crippen LogP contribution in [0.25, 0.3) is 0 Å². The van der Waals surface area contributed by atoms with Gasteiger partial charge in [0, 0.05) is 37.4 Å². The van der Waals surface area contributed by atoms with Crippen molar-refractivity contribution in [1.82, 2.24) is 9.21 Å². The summed E-state index contributed by atoms with van der Waals surface area (Å²) in [5.41, 5.74) is 1.31. The maximum Gasteiger partial charge on any atom is 0.412 e. The fraction of sp³-hybridized carbons (Fsp3) is 0.440. The van der Waals surface area contributed by atoms with Crippen LogP contribution in [0.4, 0.5) is 10.5 Å². The number of rotatable bonds is 5. The summed E-state index contributed by atoms with van der Waals surface area (Å²) in [5.74, 6) is 0.107. The number of hydrogen-bond acceptors (Lipinski definition) is 5. The number of ether oxygens (including phenoxy) is 1. The maximum absolute atomic E-state index is 13.0. The van der Waals surface area contributed by atoms with E-state index < -0.39 is 21.7 Å². The molecule has 1 aliphatic rings. The van der Waals surface area contributed by atoms with Gasteiger partial charge in [-0.15, -0.1) is 0 Å². The molecule has 2 amide bonds. The van der Waals surface area contributed by atoms with Crippen LogP contribution in [0.5, 0.6) is 0 Å². The molecule has 0 unspecified atom stereocenters. The number of benzene rings is 2. The van der Waals surface area contributed by atoms with Crippen molar-refractivity contribution >= 4 is 27.7 Å². The van der Waals surface area contributed by atoms with Gasteiger partial charge in [0.1, 0.15) is 5.60 Å². The molecule has 1 saturated heterocycles. The van der Waals surface area contributed by atoms with Crippen LogP contribution >= 0.6 is 0 Å². The molecule has 1 fully saturated rings. The minimum atomic E-state index is -3.62. The summed E-state index contributed by atoms with van der Waals surface area (Å²) in [5, 5.41) is 2.63. The third-order valence-corrected chi connectivity index (χ3v) is 7.38. The highest BCUT2D eigenvalue weighted by Crippen LogP contribution is 2.22. The Morgan fingerprint density at radius 2 is 1.59 bits per heavy atom. The van der Waals surface area contributed by atoms with Gasteiger partial charge >= 0.3 is 6.09 Å². The fourth-order valence-corrected chi connectivity index (χ4v) is 5.06. The molecule has 0 saturated carbocycles. The molecule has 184 valence electrons. The van der Waals surface area contributed by atoms with Crippen molar-refractivity contribution in [3.05, 3.63) is 59.7 Å². The molecule has 0 bridgehead atoms. The van der Waals surface area contributed by atoms with Crippen LogP contribution in [0.2, 0.25) is 0 Å². The molecule has 0 radical (unpaired) electrons. The number of anilines is 1. The van der Waals surface area contributed by atoms with Crippen LogP contribution < -0.4 is 5.32 Å². The number of carbonyl (C=O) groups excluding carboxylic acids is 2. The van der Waals surface area contributed by atoms with E-state index in [0.717, 1.165) is 5.56 Å². The summed E-state index contributed by atoms with van der Waals surface area (Å²) in [6.07, 6.45) is -0.600. The van der Waals surface area contributed by atoms with Gasteiger partial charge in [0.05, 0.1) is 4.90 Å². The molecule has 2 aromatic rings. The predicted molar refractivity (Wildman–Crippen MR) is 131 cm³/mol. The second kappa shape index (κ2) is 10.1. The number of nitrogens with zero attached hydrogens (tertiary/aromatic N) is 2. The Kier molecular flexibility index (Phi) is 7.67. The molecule has 1 N–H and O–H groups in total. The third-order valence-electron chi connectivity index (χ3n) is 5.47. The average molecular weight is 488 g/mol. The monoisotopic (exact) mass is 487 g/mol. The lowest BCUT2D eigenvalue weighted by molar-refractivity contribution is 0.0634. The second-order valence-electron chi connectivity index (χ2n) is 9.63. The van der Waals surface area contributed by atoms with E-state index in [4.69, 9.17) is 4.74 Å². The van der Waals surface area contributed by atoms with E-state index in [1.54, 1.807) is 62.1 Å². The highest BCUT2D eigenvalue weighted by molar-refractivity contribution is 7.89. The number of sulfonamides is 1. The molecule has 34 heavy (non-hydrogen) atoms. The zero-order chi connectivity index (χ0) is 25.1. The molecular formula is C25H33N3O5S. The Bertz CT molecular complexity index is 1130. The van der Waals surface area contributed by atoms with Crippen molar-refractivity contribution in [3.8, 4) is 0 Å². The van der Waals surface area contributed by atoms with Gasteiger partial charge in [0.25, 0.3) is 5.91 Å². The molecule has 1 heterocycles. The summed E-state index contributed by atoms with van der Waals surface area (Å²) < 4.78 is 32.7. The maximum atomic E-state index is 13.0. The third kappa shape index (κ3) is 6.36. The number of piperazine rings is 1. The first-order valence-electron chi connectivity index (χ1n) is 11.4. The second-order valence-corrected chi connectivity index (χ2v) is 11.6. The van der Waals surface area contributed by atoms with Gasteiger partial charge in [-0.3, -0.25) is 10.1 Å². The minimum Gasteiger partial charge on any atom is -0.444 e. The highest BCUT2D eigenvalue weighted by atomic mass is 32.2. The van der Waals surface area contributed by atoms with E-state index in [2.05, 4.69) is 19.2 Å². The standard InChI is InChI=1S/C25H33N3O5S/c1-18(2)19-9-11-22(12-10-19)34(31,32)28-15-13-27(14-16-28)23(29)20-7-6-8-21(17-20)26-24(30)33-25(3,4)5/h6-12,17-18H,13-16H2,1-5H3,(H,26,30). The Hall–Kier alpha value is -2.91. The van der Waals surface area contributed by atoms with E-state index in [9.17, 15) is 18.0 Å². The van der Waals surface area contributed by atoms with Crippen molar-refractivity contribution in [2.24, 2.45) is 0 Å². The van der Waals surface area contributed by atoms with Gasteiger partial charge in [-0.25, -0.2) is 13.2 Å². The normalized spacial score (nSPS) is 15.3. The summed E-state index contributed by atoms with van der Waals surface area (Å²) in [6, 6.07) is 13.6. The Labute approximate surface area is 201 Å². The first-order valence-corrected chi connectivity index (χ1v) is 12.8. The molecule has 1 aliphatic heterocycles. The van der Waals surface area contributed by atoms with Crippen LogP contribution in [-0.2, 0) is 14.8 Å². The van der Waals surface area contributed by atoms with Gasteiger partial charge in [-0.1, -0.05) is 32.0 Å². The first kappa shape index (κ1) is 25.7. The van der Waals surface area contributed by atoms with Crippen LogP contribution in [0.15, 0.2) is 53.4 Å². The zero-order valence-corrected chi connectivity index (χ0v) is 21.2. The number of nitrogens with one attached hydrogen (secondary N) is 1. The molecule has 9 heteroatoms. The van der Waals surface area contributed by atoms with E-state index in [-0.39, 0.29) is 37.0 Å². The Morgan fingerprint density at radius 1 is 0.971 bits per heavy atom. The quantitative estimate of drug-likeness (QED) is 0.678. The van der Waals surface area contributed by atoms with Crippen LogP contribution in [0, 0.1) is 0 Å². The Balaban J connectivity index is 1.63. The lowest BCUT2D eigenvalue weighted by atomic mass is 10.0. The van der Waals surface area contributed by atoms with Crippen molar-refractivity contribution < 1.29 is 22.7 Å². The summed E-state index contributed by atoms with van der Waals surface area (Å²) >= 11 is 0. The van der Waals surface area contributed by atoms with Crippen LogP contribution in [-0.4, -0.2) is 61.4 Å². The van der Waals surface area contributed by atoms with Crippen molar-refractivity contribution in [2.75, 3.05) is 31.5 Å². The average Bonchev–Trinajstić information content (AvgIpc) is 2.77. The minimum absolute atomic E-state index is 0.217. The molecule has 0 aliphatic carbocycles. The summed E-state index contributed by atoms with van der Waals surface area (Å²) in [7, 11) is -3.62. The van der Waals surface area contributed by atoms with Crippen molar-refractivity contribution in [1.29, 1.82) is 0 Å². The lowest BCUT2D eigenvalue weighted by Crippen LogP contribution is -2.50. The van der Waals surface area contributed by atoms with Crippen LogP contribution in [0.3, 0.4) is 0 Å².